The van der Waals surface area contributed by atoms with Crippen LogP contribution >= 0.6 is 18.9 Å². The van der Waals surface area contributed by atoms with Gasteiger partial charge >= 0.3 is 7.60 Å². The highest BCUT2D eigenvalue weighted by Gasteiger charge is 2.20. The molecule has 0 saturated heterocycles. The maximum absolute atomic E-state index is 12.5. The third kappa shape index (κ3) is 7.07. The van der Waals surface area contributed by atoms with Gasteiger partial charge in [0.25, 0.3) is 0 Å². The summed E-state index contributed by atoms with van der Waals surface area (Å²) in [5.41, 5.74) is 0. The van der Waals surface area contributed by atoms with E-state index < -0.39 is 7.60 Å². The minimum Gasteiger partial charge on any atom is -0.306 e. The highest BCUT2D eigenvalue weighted by Crippen LogP contribution is 2.50. The van der Waals surface area contributed by atoms with E-state index in [1.54, 1.807) is 17.2 Å². The van der Waals surface area contributed by atoms with Crippen LogP contribution < -0.4 is 0 Å². The van der Waals surface area contributed by atoms with Gasteiger partial charge < -0.3 is 9.05 Å². The molecular weight excluding hydrogens is 279 g/mol. The van der Waals surface area contributed by atoms with Crippen molar-refractivity contribution in [3.05, 3.63) is 28.2 Å². The second-order valence-corrected chi connectivity index (χ2v) is 7.12. The van der Waals surface area contributed by atoms with Crippen LogP contribution in [0.2, 0.25) is 0 Å². The molecule has 0 spiro atoms. The molecule has 0 aliphatic heterocycles. The van der Waals surface area contributed by atoms with Crippen molar-refractivity contribution < 1.29 is 13.6 Å². The quantitative estimate of drug-likeness (QED) is 0.420. The Balaban J connectivity index is 2.59. The van der Waals surface area contributed by atoms with Crippen molar-refractivity contribution in [2.24, 2.45) is 0 Å². The van der Waals surface area contributed by atoms with Crippen LogP contribution in [0.3, 0.4) is 0 Å². The molecule has 0 aliphatic rings. The van der Waals surface area contributed by atoms with E-state index in [9.17, 15) is 4.57 Å². The Morgan fingerprint density at radius 2 is 1.84 bits per heavy atom. The van der Waals surface area contributed by atoms with E-state index in [1.165, 1.54) is 0 Å². The lowest BCUT2D eigenvalue weighted by molar-refractivity contribution is 0.208. The van der Waals surface area contributed by atoms with Gasteiger partial charge in [-0.1, -0.05) is 32.8 Å². The molecule has 3 nitrogen and oxygen atoms in total. The van der Waals surface area contributed by atoms with Crippen LogP contribution in [-0.2, 0) is 13.6 Å². The van der Waals surface area contributed by atoms with E-state index in [0.29, 0.717) is 13.2 Å². The van der Waals surface area contributed by atoms with Crippen LogP contribution in [0.5, 0.6) is 0 Å². The summed E-state index contributed by atoms with van der Waals surface area (Å²) in [5.74, 6) is 1.59. The molecule has 1 aromatic rings. The molecule has 0 saturated carbocycles. The minimum absolute atomic E-state index is 0.481. The summed E-state index contributed by atoms with van der Waals surface area (Å²) in [6.45, 7) is 5.12. The molecule has 1 aromatic heterocycles. The van der Waals surface area contributed by atoms with Crippen molar-refractivity contribution in [3.63, 3.8) is 0 Å². The Morgan fingerprint density at radius 1 is 1.21 bits per heavy atom. The number of thiophene rings is 1. The standard InChI is InChI=1S/C14H23O3PS/c1-3-5-10-16-18(15,17-11-6-4-2)12-9-14-8-7-13-19-14/h7-9,12-13H,3-6,10-11H2,1-2H3/b12-9-. The molecule has 0 amide bonds. The van der Waals surface area contributed by atoms with Gasteiger partial charge in [-0.25, -0.2) is 0 Å². The minimum atomic E-state index is -3.09. The normalized spacial score (nSPS) is 12.3. The van der Waals surface area contributed by atoms with Crippen molar-refractivity contribution in [1.29, 1.82) is 0 Å². The zero-order valence-corrected chi connectivity index (χ0v) is 13.4. The second-order valence-electron chi connectivity index (χ2n) is 4.24. The lowest BCUT2D eigenvalue weighted by Gasteiger charge is -2.14. The van der Waals surface area contributed by atoms with Gasteiger partial charge in [-0.05, 0) is 30.4 Å². The van der Waals surface area contributed by atoms with Crippen LogP contribution in [0.15, 0.2) is 23.3 Å². The van der Waals surface area contributed by atoms with Gasteiger partial charge in [-0.15, -0.1) is 11.3 Å². The lowest BCUT2D eigenvalue weighted by atomic mass is 10.4. The Hall–Kier alpha value is -0.410. The molecule has 19 heavy (non-hydrogen) atoms. The Kier molecular flexibility index (Phi) is 8.31. The van der Waals surface area contributed by atoms with Crippen molar-refractivity contribution in [1.82, 2.24) is 0 Å². The fourth-order valence-electron chi connectivity index (χ4n) is 1.35. The predicted molar refractivity (Wildman–Crippen MR) is 82.7 cm³/mol. The fourth-order valence-corrected chi connectivity index (χ4v) is 3.42. The van der Waals surface area contributed by atoms with Gasteiger partial charge in [0.05, 0.1) is 13.2 Å². The van der Waals surface area contributed by atoms with E-state index in [0.717, 1.165) is 30.6 Å². The van der Waals surface area contributed by atoms with Crippen molar-refractivity contribution in [3.8, 4) is 0 Å². The summed E-state index contributed by atoms with van der Waals surface area (Å²) in [6, 6.07) is 3.94. The Morgan fingerprint density at radius 3 is 2.32 bits per heavy atom. The van der Waals surface area contributed by atoms with Gasteiger partial charge in [0.1, 0.15) is 0 Å². The molecule has 0 radical (unpaired) electrons. The first-order valence-corrected chi connectivity index (χ1v) is 9.31. The average molecular weight is 302 g/mol. The molecule has 0 atom stereocenters. The number of rotatable bonds is 10. The zero-order valence-electron chi connectivity index (χ0n) is 11.7. The Labute approximate surface area is 120 Å². The monoisotopic (exact) mass is 302 g/mol. The average Bonchev–Trinajstić information content (AvgIpc) is 2.91. The van der Waals surface area contributed by atoms with Crippen molar-refractivity contribution in [2.45, 2.75) is 39.5 Å². The largest absolute Gasteiger partial charge is 0.354 e. The maximum Gasteiger partial charge on any atom is 0.354 e. The SMILES string of the molecule is CCCCOP(=O)(/C=C\c1cccs1)OCCCC. The third-order valence-corrected chi connectivity index (χ3v) is 4.94. The van der Waals surface area contributed by atoms with Crippen LogP contribution in [-0.4, -0.2) is 13.2 Å². The second kappa shape index (κ2) is 9.49. The molecule has 5 heteroatoms. The first-order valence-electron chi connectivity index (χ1n) is 6.81. The summed E-state index contributed by atoms with van der Waals surface area (Å²) < 4.78 is 23.5. The zero-order chi connectivity index (χ0) is 14.0. The molecule has 108 valence electrons. The summed E-state index contributed by atoms with van der Waals surface area (Å²) in [6.07, 6.45) is 5.65. The topological polar surface area (TPSA) is 35.5 Å². The Bertz CT molecular complexity index is 387. The molecular formula is C14H23O3PS. The summed E-state index contributed by atoms with van der Waals surface area (Å²) in [4.78, 5) is 1.05. The molecule has 1 rings (SSSR count). The highest BCUT2D eigenvalue weighted by molar-refractivity contribution is 7.57. The van der Waals surface area contributed by atoms with Gasteiger partial charge in [-0.3, -0.25) is 4.57 Å². The molecule has 0 aromatic carbocycles. The number of hydrogen-bond acceptors (Lipinski definition) is 4. The van der Waals surface area contributed by atoms with E-state index >= 15 is 0 Å². The van der Waals surface area contributed by atoms with Crippen LogP contribution in [0, 0.1) is 0 Å². The number of unbranched alkanes of at least 4 members (excludes halogenated alkanes) is 2. The smallest absolute Gasteiger partial charge is 0.306 e. The molecule has 0 fully saturated rings. The summed E-state index contributed by atoms with van der Waals surface area (Å²) in [7, 11) is -3.09. The van der Waals surface area contributed by atoms with E-state index in [1.807, 2.05) is 23.6 Å². The maximum atomic E-state index is 12.5. The fraction of sp³-hybridized carbons (Fsp3) is 0.571. The predicted octanol–water partition coefficient (Wildman–Crippen LogP) is 5.55. The van der Waals surface area contributed by atoms with Crippen LogP contribution in [0.4, 0.5) is 0 Å². The molecule has 1 heterocycles. The highest BCUT2D eigenvalue weighted by atomic mass is 32.1. The van der Waals surface area contributed by atoms with E-state index in [4.69, 9.17) is 9.05 Å². The van der Waals surface area contributed by atoms with Gasteiger partial charge in [-0.2, -0.15) is 0 Å². The third-order valence-electron chi connectivity index (χ3n) is 2.50. The van der Waals surface area contributed by atoms with Gasteiger partial charge in [0.2, 0.25) is 0 Å². The van der Waals surface area contributed by atoms with Crippen LogP contribution in [0.1, 0.15) is 44.4 Å². The molecule has 0 unspecified atom stereocenters. The van der Waals surface area contributed by atoms with Gasteiger partial charge in [0.15, 0.2) is 0 Å². The van der Waals surface area contributed by atoms with Crippen LogP contribution in [0.25, 0.3) is 6.08 Å². The van der Waals surface area contributed by atoms with E-state index in [2.05, 4.69) is 13.8 Å². The lowest BCUT2D eigenvalue weighted by Crippen LogP contribution is -1.97. The van der Waals surface area contributed by atoms with Crippen molar-refractivity contribution in [2.75, 3.05) is 13.2 Å². The van der Waals surface area contributed by atoms with Gasteiger partial charge in [0, 0.05) is 10.7 Å². The first kappa shape index (κ1) is 16.6. The molecule has 0 aliphatic carbocycles. The summed E-state index contributed by atoms with van der Waals surface area (Å²) >= 11 is 1.60. The van der Waals surface area contributed by atoms with E-state index in [-0.39, 0.29) is 0 Å². The van der Waals surface area contributed by atoms with Crippen molar-refractivity contribution >= 4 is 25.0 Å². The molecule has 0 bridgehead atoms. The summed E-state index contributed by atoms with van der Waals surface area (Å²) in [5, 5.41) is 1.99. The molecule has 0 N–H and O–H groups in total. The first-order chi connectivity index (χ1) is 9.20. The number of hydrogen-bond donors (Lipinski definition) is 0.